The molecular formula is C26H34O12. The lowest BCUT2D eigenvalue weighted by atomic mass is 9.82. The molecule has 0 amide bonds. The maximum absolute atomic E-state index is 10.6. The third kappa shape index (κ3) is 5.40. The summed E-state index contributed by atoms with van der Waals surface area (Å²) < 4.78 is 28.3. The minimum Gasteiger partial charge on any atom is -0.504 e. The second kappa shape index (κ2) is 12.0. The maximum Gasteiger partial charge on any atom is 0.187 e. The van der Waals surface area contributed by atoms with Crippen molar-refractivity contribution < 1.29 is 59.4 Å². The van der Waals surface area contributed by atoms with Crippen LogP contribution in [0.3, 0.4) is 0 Å². The third-order valence-corrected chi connectivity index (χ3v) is 7.20. The Labute approximate surface area is 219 Å². The van der Waals surface area contributed by atoms with Crippen molar-refractivity contribution in [1.82, 2.24) is 0 Å². The molecule has 2 saturated heterocycles. The van der Waals surface area contributed by atoms with Gasteiger partial charge in [-0.2, -0.15) is 0 Å². The van der Waals surface area contributed by atoms with Crippen molar-refractivity contribution in [2.24, 2.45) is 11.8 Å². The van der Waals surface area contributed by atoms with E-state index in [1.54, 1.807) is 18.2 Å². The summed E-state index contributed by atoms with van der Waals surface area (Å²) >= 11 is 0. The number of methoxy groups -OCH3 is 2. The van der Waals surface area contributed by atoms with E-state index in [0.29, 0.717) is 11.1 Å². The van der Waals surface area contributed by atoms with Gasteiger partial charge in [-0.15, -0.1) is 0 Å². The lowest BCUT2D eigenvalue weighted by Gasteiger charge is -2.42. The van der Waals surface area contributed by atoms with Crippen molar-refractivity contribution in [3.8, 4) is 23.0 Å². The van der Waals surface area contributed by atoms with Gasteiger partial charge in [-0.25, -0.2) is 0 Å². The molecule has 0 aliphatic carbocycles. The van der Waals surface area contributed by atoms with Crippen LogP contribution in [0.4, 0.5) is 0 Å². The second-order valence-electron chi connectivity index (χ2n) is 9.38. The molecule has 0 radical (unpaired) electrons. The zero-order valence-corrected chi connectivity index (χ0v) is 21.0. The van der Waals surface area contributed by atoms with E-state index in [2.05, 4.69) is 0 Å². The molecule has 2 heterocycles. The summed E-state index contributed by atoms with van der Waals surface area (Å²) in [6.45, 7) is -0.842. The van der Waals surface area contributed by atoms with E-state index in [1.165, 1.54) is 32.4 Å². The van der Waals surface area contributed by atoms with Gasteiger partial charge >= 0.3 is 0 Å². The fourth-order valence-electron chi connectivity index (χ4n) is 5.07. The predicted octanol–water partition coefficient (Wildman–Crippen LogP) is -0.0312. The fraction of sp³-hybridized carbons (Fsp3) is 0.538. The molecule has 2 aromatic carbocycles. The highest BCUT2D eigenvalue weighted by Crippen LogP contribution is 2.48. The van der Waals surface area contributed by atoms with E-state index >= 15 is 0 Å². The van der Waals surface area contributed by atoms with Gasteiger partial charge in [0.15, 0.2) is 29.3 Å². The molecule has 2 fully saturated rings. The van der Waals surface area contributed by atoms with E-state index in [-0.39, 0.29) is 36.2 Å². The Kier molecular flexibility index (Phi) is 8.96. The van der Waals surface area contributed by atoms with Crippen molar-refractivity contribution in [2.75, 3.05) is 34.0 Å². The minimum atomic E-state index is -1.65. The van der Waals surface area contributed by atoms with Crippen LogP contribution in [0.15, 0.2) is 36.4 Å². The number of aliphatic hydroxyl groups excluding tert-OH is 5. The van der Waals surface area contributed by atoms with Crippen LogP contribution in [-0.2, 0) is 14.2 Å². The number of phenolic OH excluding ortho intramolecular Hbond substituents is 2. The number of hydrogen-bond donors (Lipinski definition) is 7. The monoisotopic (exact) mass is 538 g/mol. The highest BCUT2D eigenvalue weighted by atomic mass is 16.7. The quantitative estimate of drug-likeness (QED) is 0.226. The summed E-state index contributed by atoms with van der Waals surface area (Å²) in [5.41, 5.74) is 1.14. The van der Waals surface area contributed by atoms with Crippen LogP contribution < -0.4 is 9.47 Å². The fourth-order valence-corrected chi connectivity index (χ4v) is 5.07. The summed E-state index contributed by atoms with van der Waals surface area (Å²) in [5.74, 6) is -0.845. The van der Waals surface area contributed by atoms with Crippen LogP contribution >= 0.6 is 0 Å². The van der Waals surface area contributed by atoms with Crippen LogP contribution in [0.25, 0.3) is 0 Å². The lowest BCUT2D eigenvalue weighted by Crippen LogP contribution is -2.59. The molecule has 9 unspecified atom stereocenters. The molecule has 0 bridgehead atoms. The van der Waals surface area contributed by atoms with Gasteiger partial charge < -0.3 is 59.4 Å². The molecule has 2 aromatic rings. The smallest absolute Gasteiger partial charge is 0.187 e. The van der Waals surface area contributed by atoms with E-state index < -0.39 is 61.4 Å². The normalized spacial score (nSPS) is 32.2. The number of aromatic hydroxyl groups is 2. The van der Waals surface area contributed by atoms with Crippen molar-refractivity contribution in [1.29, 1.82) is 0 Å². The molecule has 210 valence electrons. The Morgan fingerprint density at radius 2 is 1.53 bits per heavy atom. The Bertz CT molecular complexity index is 1080. The Morgan fingerprint density at radius 1 is 0.868 bits per heavy atom. The Hall–Kier alpha value is -2.68. The number of ether oxygens (including phenoxy) is 5. The van der Waals surface area contributed by atoms with Crippen molar-refractivity contribution >= 4 is 0 Å². The standard InChI is InChI=1S/C26H34O12/c1-34-18-7-12(3-5-16(18)29)24-14(9-27)15(11-36-24)25(13-4-6-17(30)19(8-13)35-2)38-26-23(33)22(32)21(31)20(10-28)37-26/h3-8,14-15,20-33H,9-11H2,1-2H3. The van der Waals surface area contributed by atoms with Crippen LogP contribution in [0.5, 0.6) is 23.0 Å². The van der Waals surface area contributed by atoms with E-state index in [9.17, 15) is 35.7 Å². The molecular weight excluding hydrogens is 504 g/mol. The van der Waals surface area contributed by atoms with Crippen LogP contribution in [-0.4, -0.2) is 100 Å². The lowest BCUT2D eigenvalue weighted by molar-refractivity contribution is -0.317. The first-order valence-corrected chi connectivity index (χ1v) is 12.2. The zero-order chi connectivity index (χ0) is 27.6. The third-order valence-electron chi connectivity index (χ3n) is 7.20. The van der Waals surface area contributed by atoms with Crippen LogP contribution in [0.1, 0.15) is 23.3 Å². The number of aliphatic hydroxyl groups is 5. The highest BCUT2D eigenvalue weighted by Gasteiger charge is 2.48. The largest absolute Gasteiger partial charge is 0.504 e. The Morgan fingerprint density at radius 3 is 2.16 bits per heavy atom. The van der Waals surface area contributed by atoms with E-state index in [1.807, 2.05) is 0 Å². The average molecular weight is 539 g/mol. The number of phenols is 2. The van der Waals surface area contributed by atoms with E-state index in [4.69, 9.17) is 23.7 Å². The number of hydrogen-bond acceptors (Lipinski definition) is 12. The summed E-state index contributed by atoms with van der Waals surface area (Å²) in [6.07, 6.45) is -9.03. The summed E-state index contributed by atoms with van der Waals surface area (Å²) in [6, 6.07) is 9.26. The van der Waals surface area contributed by atoms with Gasteiger partial charge in [-0.05, 0) is 35.4 Å². The summed E-state index contributed by atoms with van der Waals surface area (Å²) in [5, 5.41) is 71.2. The van der Waals surface area contributed by atoms with Crippen molar-refractivity contribution in [3.05, 3.63) is 47.5 Å². The zero-order valence-electron chi connectivity index (χ0n) is 21.0. The molecule has 2 aliphatic rings. The molecule has 2 aliphatic heterocycles. The molecule has 7 N–H and O–H groups in total. The second-order valence-corrected chi connectivity index (χ2v) is 9.38. The molecule has 12 nitrogen and oxygen atoms in total. The van der Waals surface area contributed by atoms with Crippen LogP contribution in [0, 0.1) is 11.8 Å². The van der Waals surface area contributed by atoms with Gasteiger partial charge in [-0.3, -0.25) is 0 Å². The van der Waals surface area contributed by atoms with Gasteiger partial charge in [0.1, 0.15) is 24.4 Å². The van der Waals surface area contributed by atoms with Gasteiger partial charge in [-0.1, -0.05) is 12.1 Å². The maximum atomic E-state index is 10.6. The molecule has 38 heavy (non-hydrogen) atoms. The summed E-state index contributed by atoms with van der Waals surface area (Å²) in [4.78, 5) is 0. The first-order valence-electron chi connectivity index (χ1n) is 12.2. The predicted molar refractivity (Wildman–Crippen MR) is 130 cm³/mol. The van der Waals surface area contributed by atoms with Gasteiger partial charge in [0.2, 0.25) is 0 Å². The van der Waals surface area contributed by atoms with Gasteiger partial charge in [0, 0.05) is 18.4 Å². The van der Waals surface area contributed by atoms with Gasteiger partial charge in [0.25, 0.3) is 0 Å². The molecule has 9 atom stereocenters. The van der Waals surface area contributed by atoms with Crippen molar-refractivity contribution in [3.63, 3.8) is 0 Å². The first-order chi connectivity index (χ1) is 18.2. The van der Waals surface area contributed by atoms with Crippen LogP contribution in [0.2, 0.25) is 0 Å². The number of benzene rings is 2. The minimum absolute atomic E-state index is 0.0497. The molecule has 12 heteroatoms. The number of rotatable bonds is 9. The van der Waals surface area contributed by atoms with Crippen molar-refractivity contribution in [2.45, 2.75) is 42.9 Å². The molecule has 0 saturated carbocycles. The van der Waals surface area contributed by atoms with Gasteiger partial charge in [0.05, 0.1) is 39.6 Å². The Balaban J connectivity index is 1.70. The summed E-state index contributed by atoms with van der Waals surface area (Å²) in [7, 11) is 2.80. The SMILES string of the molecule is COc1cc(C2OCC(C(OC3OC(CO)C(O)C(O)C3O)c3ccc(O)c(OC)c3)C2CO)ccc1O. The van der Waals surface area contributed by atoms with E-state index in [0.717, 1.165) is 0 Å². The first kappa shape index (κ1) is 28.3. The topological polar surface area (TPSA) is 188 Å². The highest BCUT2D eigenvalue weighted by molar-refractivity contribution is 5.44. The molecule has 0 aromatic heterocycles. The molecule has 0 spiro atoms. The average Bonchev–Trinajstić information content (AvgIpc) is 3.36. The molecule has 4 rings (SSSR count).